The Morgan fingerprint density at radius 1 is 0.750 bits per heavy atom. The molecule has 0 radical (unpaired) electrons. The number of hydrogen-bond acceptors (Lipinski definition) is 6. The van der Waals surface area contributed by atoms with Crippen LogP contribution in [0.2, 0.25) is 0 Å². The van der Waals surface area contributed by atoms with Crippen LogP contribution in [0.3, 0.4) is 0 Å². The van der Waals surface area contributed by atoms with Crippen molar-refractivity contribution in [1.29, 1.82) is 0 Å². The molecule has 3 rings (SSSR count). The van der Waals surface area contributed by atoms with E-state index < -0.39 is 10.2 Å². The van der Waals surface area contributed by atoms with Crippen LogP contribution in [-0.4, -0.2) is 118 Å². The zero-order valence-corrected chi connectivity index (χ0v) is 14.7. The van der Waals surface area contributed by atoms with E-state index >= 15 is 0 Å². The summed E-state index contributed by atoms with van der Waals surface area (Å²) < 4.78 is 38.7. The van der Waals surface area contributed by atoms with Crippen molar-refractivity contribution < 1.29 is 22.7 Å². The smallest absolute Gasteiger partial charge is 0.282 e. The van der Waals surface area contributed by atoms with Gasteiger partial charge in [0.05, 0.1) is 33.0 Å². The number of morpholine rings is 2. The van der Waals surface area contributed by atoms with Gasteiger partial charge in [0.25, 0.3) is 10.2 Å². The van der Waals surface area contributed by atoms with Crippen LogP contribution in [0, 0.1) is 0 Å². The average molecular weight is 362 g/mol. The standard InChI is InChI=1S/C14H26N4O5S/c19-14(16-5-9-22-10-6-16)13-15-1-3-17(4-2-15)24(20,21)18-7-11-23-12-8-18/h1-13H2. The highest BCUT2D eigenvalue weighted by Crippen LogP contribution is 2.14. The minimum absolute atomic E-state index is 0.0998. The molecule has 0 aliphatic carbocycles. The third kappa shape index (κ3) is 4.24. The summed E-state index contributed by atoms with van der Waals surface area (Å²) >= 11 is 0. The number of carbonyl (C=O) groups is 1. The van der Waals surface area contributed by atoms with E-state index in [0.29, 0.717) is 85.3 Å². The number of carbonyl (C=O) groups excluding carboxylic acids is 1. The largest absolute Gasteiger partial charge is 0.379 e. The molecular weight excluding hydrogens is 336 g/mol. The SMILES string of the molecule is O=C(CN1CCN(S(=O)(=O)N2CCOCC2)CC1)N1CCOCC1. The first-order valence-corrected chi connectivity index (χ1v) is 9.88. The Kier molecular flexibility index (Phi) is 6.06. The topological polar surface area (TPSA) is 82.6 Å². The maximum atomic E-state index is 12.6. The van der Waals surface area contributed by atoms with Crippen LogP contribution >= 0.6 is 0 Å². The summed E-state index contributed by atoms with van der Waals surface area (Å²) in [4.78, 5) is 16.1. The maximum absolute atomic E-state index is 12.6. The molecule has 3 aliphatic heterocycles. The van der Waals surface area contributed by atoms with Crippen LogP contribution in [0.5, 0.6) is 0 Å². The minimum atomic E-state index is -3.41. The molecule has 9 nitrogen and oxygen atoms in total. The lowest BCUT2D eigenvalue weighted by Crippen LogP contribution is -2.56. The summed E-state index contributed by atoms with van der Waals surface area (Å²) in [5, 5.41) is 0. The van der Waals surface area contributed by atoms with Crippen molar-refractivity contribution in [2.75, 3.05) is 85.3 Å². The van der Waals surface area contributed by atoms with Crippen LogP contribution in [0.15, 0.2) is 0 Å². The van der Waals surface area contributed by atoms with Crippen LogP contribution in [0.25, 0.3) is 0 Å². The zero-order chi connectivity index (χ0) is 17.0. The third-order valence-corrected chi connectivity index (χ3v) is 6.71. The van der Waals surface area contributed by atoms with Gasteiger partial charge in [-0.25, -0.2) is 0 Å². The second kappa shape index (κ2) is 8.07. The molecule has 0 N–H and O–H groups in total. The quantitative estimate of drug-likeness (QED) is 0.578. The van der Waals surface area contributed by atoms with Gasteiger partial charge >= 0.3 is 0 Å². The molecule has 1 amide bonds. The van der Waals surface area contributed by atoms with Crippen molar-refractivity contribution in [2.24, 2.45) is 0 Å². The number of hydrogen-bond donors (Lipinski definition) is 0. The second-order valence-corrected chi connectivity index (χ2v) is 8.12. The Hall–Kier alpha value is -0.780. The molecule has 0 bridgehead atoms. The van der Waals surface area contributed by atoms with E-state index in [1.165, 1.54) is 8.61 Å². The molecule has 3 saturated heterocycles. The van der Waals surface area contributed by atoms with E-state index in [1.54, 1.807) is 0 Å². The van der Waals surface area contributed by atoms with E-state index in [9.17, 15) is 13.2 Å². The van der Waals surface area contributed by atoms with Crippen LogP contribution < -0.4 is 0 Å². The van der Waals surface area contributed by atoms with Gasteiger partial charge in [-0.05, 0) is 0 Å². The molecule has 0 aromatic heterocycles. The predicted octanol–water partition coefficient (Wildman–Crippen LogP) is -1.96. The minimum Gasteiger partial charge on any atom is -0.379 e. The third-order valence-electron chi connectivity index (χ3n) is 4.68. The van der Waals surface area contributed by atoms with Crippen LogP contribution in [-0.2, 0) is 24.5 Å². The highest BCUT2D eigenvalue weighted by molar-refractivity contribution is 7.86. The van der Waals surface area contributed by atoms with Gasteiger partial charge in [0.1, 0.15) is 0 Å². The van der Waals surface area contributed by atoms with Crippen molar-refractivity contribution in [1.82, 2.24) is 18.4 Å². The van der Waals surface area contributed by atoms with Crippen molar-refractivity contribution in [3.05, 3.63) is 0 Å². The lowest BCUT2D eigenvalue weighted by atomic mass is 10.3. The van der Waals surface area contributed by atoms with Gasteiger partial charge in [-0.2, -0.15) is 17.0 Å². The Morgan fingerprint density at radius 2 is 1.25 bits per heavy atom. The lowest BCUT2D eigenvalue weighted by Gasteiger charge is -2.38. The van der Waals surface area contributed by atoms with Crippen LogP contribution in [0.4, 0.5) is 0 Å². The zero-order valence-electron chi connectivity index (χ0n) is 13.9. The van der Waals surface area contributed by atoms with Gasteiger partial charge in [0.2, 0.25) is 5.91 Å². The number of piperazine rings is 1. The summed E-state index contributed by atoms with van der Waals surface area (Å²) in [6.07, 6.45) is 0. The van der Waals surface area contributed by atoms with Crippen molar-refractivity contribution >= 4 is 16.1 Å². The molecule has 0 unspecified atom stereocenters. The van der Waals surface area contributed by atoms with E-state index in [0.717, 1.165) is 0 Å². The molecule has 0 aromatic carbocycles. The fourth-order valence-corrected chi connectivity index (χ4v) is 4.72. The number of amides is 1. The first-order valence-electron chi connectivity index (χ1n) is 8.48. The molecule has 0 spiro atoms. The number of nitrogens with zero attached hydrogens (tertiary/aromatic N) is 4. The van der Waals surface area contributed by atoms with Gasteiger partial charge in [0.15, 0.2) is 0 Å². The normalized spacial score (nSPS) is 25.8. The monoisotopic (exact) mass is 362 g/mol. The molecule has 0 aromatic rings. The summed E-state index contributed by atoms with van der Waals surface area (Å²) in [5.41, 5.74) is 0. The summed E-state index contributed by atoms with van der Waals surface area (Å²) in [7, 11) is -3.41. The van der Waals surface area contributed by atoms with Crippen molar-refractivity contribution in [3.8, 4) is 0 Å². The van der Waals surface area contributed by atoms with E-state index in [1.807, 2.05) is 9.80 Å². The Labute approximate surface area is 143 Å². The second-order valence-electron chi connectivity index (χ2n) is 6.19. The summed E-state index contributed by atoms with van der Waals surface area (Å²) in [5.74, 6) is 0.0998. The van der Waals surface area contributed by atoms with Gasteiger partial charge in [-0.15, -0.1) is 0 Å². The van der Waals surface area contributed by atoms with E-state index in [2.05, 4.69) is 0 Å². The maximum Gasteiger partial charge on any atom is 0.282 e. The average Bonchev–Trinajstić information content (AvgIpc) is 2.63. The molecule has 3 aliphatic rings. The van der Waals surface area contributed by atoms with Gasteiger partial charge in [-0.3, -0.25) is 9.69 Å². The lowest BCUT2D eigenvalue weighted by molar-refractivity contribution is -0.136. The molecule has 0 atom stereocenters. The summed E-state index contributed by atoms with van der Waals surface area (Å²) in [6, 6.07) is 0. The highest BCUT2D eigenvalue weighted by Gasteiger charge is 2.33. The first kappa shape index (κ1) is 18.0. The predicted molar refractivity (Wildman–Crippen MR) is 86.7 cm³/mol. The van der Waals surface area contributed by atoms with E-state index in [-0.39, 0.29) is 5.91 Å². The highest BCUT2D eigenvalue weighted by atomic mass is 32.2. The van der Waals surface area contributed by atoms with Gasteiger partial charge in [0, 0.05) is 52.4 Å². The van der Waals surface area contributed by atoms with E-state index in [4.69, 9.17) is 9.47 Å². The van der Waals surface area contributed by atoms with Gasteiger partial charge in [-0.1, -0.05) is 0 Å². The van der Waals surface area contributed by atoms with Crippen molar-refractivity contribution in [2.45, 2.75) is 0 Å². The van der Waals surface area contributed by atoms with Gasteiger partial charge < -0.3 is 14.4 Å². The first-order chi connectivity index (χ1) is 11.6. The van der Waals surface area contributed by atoms with Crippen molar-refractivity contribution in [3.63, 3.8) is 0 Å². The molecule has 138 valence electrons. The Bertz CT molecular complexity index is 523. The number of ether oxygens (including phenoxy) is 2. The molecule has 3 heterocycles. The molecule has 24 heavy (non-hydrogen) atoms. The molecule has 0 saturated carbocycles. The molecule has 3 fully saturated rings. The fourth-order valence-electron chi connectivity index (χ4n) is 3.16. The summed E-state index contributed by atoms with van der Waals surface area (Å²) in [6.45, 7) is 6.58. The number of rotatable bonds is 4. The Morgan fingerprint density at radius 3 is 1.83 bits per heavy atom. The molecular formula is C14H26N4O5S. The Balaban J connectivity index is 1.47. The van der Waals surface area contributed by atoms with Crippen LogP contribution in [0.1, 0.15) is 0 Å². The molecule has 10 heteroatoms. The fraction of sp³-hybridized carbons (Fsp3) is 0.929.